The fraction of sp³-hybridized carbons (Fsp3) is 0.571. The lowest BCUT2D eigenvalue weighted by Gasteiger charge is -2.04. The van der Waals surface area contributed by atoms with Gasteiger partial charge < -0.3 is 27.0 Å². The normalized spacial score (nSPS) is 9.79. The summed E-state index contributed by atoms with van der Waals surface area (Å²) in [5.74, 6) is 0.0968. The van der Waals surface area contributed by atoms with Crippen LogP contribution in [-0.2, 0) is 16.1 Å². The van der Waals surface area contributed by atoms with Crippen LogP contribution in [0, 0.1) is 6.92 Å². The van der Waals surface area contributed by atoms with Gasteiger partial charge in [-0.25, -0.2) is 4.57 Å². The Morgan fingerprint density at radius 1 is 1.37 bits per heavy atom. The average Bonchev–Trinajstić information content (AvgIpc) is 2.38. The van der Waals surface area contributed by atoms with Crippen LogP contribution in [0.2, 0.25) is 0 Å². The van der Waals surface area contributed by atoms with Crippen LogP contribution in [0.3, 0.4) is 0 Å². The lowest BCUT2D eigenvalue weighted by atomic mass is 10.3. The molecule has 1 aromatic rings. The molecule has 1 heterocycles. The molecule has 0 atom stereocenters. The van der Waals surface area contributed by atoms with Gasteiger partial charge in [0, 0.05) is 31.9 Å². The number of pyridine rings is 1. The van der Waals surface area contributed by atoms with E-state index in [1.165, 1.54) is 5.56 Å². The Morgan fingerprint density at radius 2 is 2.05 bits per heavy atom. The molecule has 19 heavy (non-hydrogen) atoms. The van der Waals surface area contributed by atoms with Crippen LogP contribution in [-0.4, -0.2) is 25.7 Å². The quantitative estimate of drug-likeness (QED) is 0.452. The maximum atomic E-state index is 11.6. The molecule has 0 bridgehead atoms. The van der Waals surface area contributed by atoms with Gasteiger partial charge in [0.1, 0.15) is 0 Å². The molecule has 108 valence electrons. The standard InChI is InChI=1S/C14H22N2O2.BrH/c1-3-18-12-4-8-15-14(17)7-11-16-9-5-13(2)6-10-16;/h5-6,9-10H,3-4,7-8,11-12H2,1-2H3;1H. The van der Waals surface area contributed by atoms with Gasteiger partial charge in [-0.3, -0.25) is 4.79 Å². The number of carbonyl (C=O) groups excluding carboxylic acids is 1. The number of carbonyl (C=O) groups is 1. The largest absolute Gasteiger partial charge is 1.00 e. The Hall–Kier alpha value is -0.940. The zero-order chi connectivity index (χ0) is 13.2. The number of hydrogen-bond acceptors (Lipinski definition) is 2. The number of ether oxygens (including phenoxy) is 1. The molecule has 0 saturated heterocycles. The second-order valence-corrected chi connectivity index (χ2v) is 4.26. The van der Waals surface area contributed by atoms with Crippen molar-refractivity contribution in [2.45, 2.75) is 33.2 Å². The lowest BCUT2D eigenvalue weighted by molar-refractivity contribution is -0.695. The van der Waals surface area contributed by atoms with Crippen LogP contribution < -0.4 is 26.9 Å². The van der Waals surface area contributed by atoms with E-state index in [1.54, 1.807) is 0 Å². The first kappa shape index (κ1) is 18.1. The summed E-state index contributed by atoms with van der Waals surface area (Å²) in [6.07, 6.45) is 5.38. The molecule has 0 aliphatic heterocycles. The van der Waals surface area contributed by atoms with E-state index in [1.807, 2.05) is 36.0 Å². The van der Waals surface area contributed by atoms with Crippen LogP contribution >= 0.6 is 0 Å². The zero-order valence-electron chi connectivity index (χ0n) is 11.7. The topological polar surface area (TPSA) is 42.2 Å². The van der Waals surface area contributed by atoms with Gasteiger partial charge in [-0.15, -0.1) is 0 Å². The second-order valence-electron chi connectivity index (χ2n) is 4.26. The SMILES string of the molecule is CCOCCCNC(=O)CC[n+]1ccc(C)cc1.[Br-]. The first-order valence-corrected chi connectivity index (χ1v) is 6.52. The molecule has 5 heteroatoms. The summed E-state index contributed by atoms with van der Waals surface area (Å²) in [5.41, 5.74) is 1.23. The first-order chi connectivity index (χ1) is 8.72. The molecule has 0 aromatic carbocycles. The van der Waals surface area contributed by atoms with E-state index in [-0.39, 0.29) is 22.9 Å². The maximum Gasteiger partial charge on any atom is 0.226 e. The van der Waals surface area contributed by atoms with Crippen molar-refractivity contribution in [1.29, 1.82) is 0 Å². The van der Waals surface area contributed by atoms with Gasteiger partial charge in [-0.1, -0.05) is 0 Å². The van der Waals surface area contributed by atoms with Crippen molar-refractivity contribution < 1.29 is 31.1 Å². The van der Waals surface area contributed by atoms with Crippen LogP contribution in [0.1, 0.15) is 25.3 Å². The van der Waals surface area contributed by atoms with Gasteiger partial charge >= 0.3 is 0 Å². The van der Waals surface area contributed by atoms with Crippen LogP contribution in [0.5, 0.6) is 0 Å². The molecule has 0 aliphatic rings. The molecule has 1 amide bonds. The van der Waals surface area contributed by atoms with Crippen LogP contribution in [0.15, 0.2) is 24.5 Å². The monoisotopic (exact) mass is 330 g/mol. The molecule has 0 spiro atoms. The summed E-state index contributed by atoms with van der Waals surface area (Å²) < 4.78 is 7.22. The third-order valence-corrected chi connectivity index (χ3v) is 2.65. The van der Waals surface area contributed by atoms with Gasteiger partial charge in [-0.2, -0.15) is 0 Å². The minimum Gasteiger partial charge on any atom is -1.00 e. The van der Waals surface area contributed by atoms with E-state index in [9.17, 15) is 4.79 Å². The zero-order valence-corrected chi connectivity index (χ0v) is 13.3. The van der Waals surface area contributed by atoms with Crippen molar-refractivity contribution in [2.75, 3.05) is 19.8 Å². The molecule has 1 aromatic heterocycles. The van der Waals surface area contributed by atoms with E-state index in [0.29, 0.717) is 19.6 Å². The van der Waals surface area contributed by atoms with Crippen molar-refractivity contribution in [2.24, 2.45) is 0 Å². The third-order valence-electron chi connectivity index (χ3n) is 2.65. The molecule has 0 radical (unpaired) electrons. The van der Waals surface area contributed by atoms with E-state index in [4.69, 9.17) is 4.74 Å². The molecule has 0 fully saturated rings. The summed E-state index contributed by atoms with van der Waals surface area (Å²) in [5, 5.41) is 2.89. The Kier molecular flexibility index (Phi) is 10.4. The molecule has 0 saturated carbocycles. The number of halogens is 1. The lowest BCUT2D eigenvalue weighted by Crippen LogP contribution is -3.00. The number of aromatic nitrogens is 1. The summed E-state index contributed by atoms with van der Waals surface area (Å²) in [6, 6.07) is 4.08. The Labute approximate surface area is 125 Å². The predicted molar refractivity (Wildman–Crippen MR) is 70.1 cm³/mol. The molecule has 4 nitrogen and oxygen atoms in total. The summed E-state index contributed by atoms with van der Waals surface area (Å²) in [7, 11) is 0. The van der Waals surface area contributed by atoms with E-state index in [2.05, 4.69) is 12.2 Å². The number of nitrogens with one attached hydrogen (secondary N) is 1. The summed E-state index contributed by atoms with van der Waals surface area (Å²) in [4.78, 5) is 11.6. The van der Waals surface area contributed by atoms with Crippen LogP contribution in [0.25, 0.3) is 0 Å². The van der Waals surface area contributed by atoms with Crippen molar-refractivity contribution in [3.8, 4) is 0 Å². The smallest absolute Gasteiger partial charge is 0.226 e. The fourth-order valence-electron chi connectivity index (χ4n) is 1.55. The molecular formula is C14H23BrN2O2. The number of amides is 1. The second kappa shape index (κ2) is 10.9. The molecular weight excluding hydrogens is 308 g/mol. The third kappa shape index (κ3) is 8.72. The summed E-state index contributed by atoms with van der Waals surface area (Å²) in [6.45, 7) is 6.88. The van der Waals surface area contributed by atoms with Crippen molar-refractivity contribution in [3.05, 3.63) is 30.1 Å². The summed E-state index contributed by atoms with van der Waals surface area (Å²) >= 11 is 0. The minimum atomic E-state index is 0. The predicted octanol–water partition coefficient (Wildman–Crippen LogP) is -1.78. The Balaban J connectivity index is 0.00000324. The van der Waals surface area contributed by atoms with E-state index < -0.39 is 0 Å². The highest BCUT2D eigenvalue weighted by Crippen LogP contribution is 1.90. The highest BCUT2D eigenvalue weighted by atomic mass is 79.9. The van der Waals surface area contributed by atoms with Crippen molar-refractivity contribution in [3.63, 3.8) is 0 Å². The fourth-order valence-corrected chi connectivity index (χ4v) is 1.55. The van der Waals surface area contributed by atoms with Crippen molar-refractivity contribution in [1.82, 2.24) is 5.32 Å². The average molecular weight is 331 g/mol. The maximum absolute atomic E-state index is 11.6. The number of nitrogens with zero attached hydrogens (tertiary/aromatic N) is 1. The molecule has 0 unspecified atom stereocenters. The molecule has 0 aliphatic carbocycles. The molecule has 1 N–H and O–H groups in total. The van der Waals surface area contributed by atoms with Gasteiger partial charge in [0.15, 0.2) is 18.9 Å². The Bertz CT molecular complexity index is 355. The number of aryl methyl sites for hydroxylation is 2. The molecule has 1 rings (SSSR count). The van der Waals surface area contributed by atoms with E-state index in [0.717, 1.165) is 19.6 Å². The number of hydrogen-bond donors (Lipinski definition) is 1. The Morgan fingerprint density at radius 3 is 2.68 bits per heavy atom. The first-order valence-electron chi connectivity index (χ1n) is 6.52. The van der Waals surface area contributed by atoms with E-state index >= 15 is 0 Å². The number of rotatable bonds is 8. The van der Waals surface area contributed by atoms with Crippen molar-refractivity contribution >= 4 is 5.91 Å². The van der Waals surface area contributed by atoms with Crippen LogP contribution in [0.4, 0.5) is 0 Å². The van der Waals surface area contributed by atoms with Gasteiger partial charge in [0.25, 0.3) is 0 Å². The van der Waals surface area contributed by atoms with Gasteiger partial charge in [-0.05, 0) is 25.8 Å². The minimum absolute atomic E-state index is 0. The van der Waals surface area contributed by atoms with Gasteiger partial charge in [0.05, 0.1) is 6.42 Å². The van der Waals surface area contributed by atoms with Gasteiger partial charge in [0.2, 0.25) is 5.91 Å². The highest BCUT2D eigenvalue weighted by Gasteiger charge is 2.05. The highest BCUT2D eigenvalue weighted by molar-refractivity contribution is 5.75.